The molecule has 3 aromatic rings. The summed E-state index contributed by atoms with van der Waals surface area (Å²) in [7, 11) is -3.11. The zero-order valence-corrected chi connectivity index (χ0v) is 54.0. The second kappa shape index (κ2) is 29.5. The maximum atomic E-state index is 14.3. The molecular weight excluding hydrogens is 1090 g/mol. The van der Waals surface area contributed by atoms with E-state index in [1.54, 1.807) is 0 Å². The average Bonchev–Trinajstić information content (AvgIpc) is 3.49. The van der Waals surface area contributed by atoms with Crippen LogP contribution in [0.25, 0.3) is 0 Å². The maximum absolute atomic E-state index is 14.3. The first kappa shape index (κ1) is 65.3. The lowest BCUT2D eigenvalue weighted by molar-refractivity contribution is -0.166. The summed E-state index contributed by atoms with van der Waals surface area (Å²) in [5.74, 6) is -1.91. The van der Waals surface area contributed by atoms with Crippen molar-refractivity contribution in [3.05, 3.63) is 96.6 Å². The van der Waals surface area contributed by atoms with E-state index >= 15 is 0 Å². The first-order valence-electron chi connectivity index (χ1n) is 32.8. The number of rotatable bonds is 27. The molecule has 0 N–H and O–H groups in total. The Kier molecular flexibility index (Phi) is 22.6. The predicted molar refractivity (Wildman–Crippen MR) is 331 cm³/mol. The van der Waals surface area contributed by atoms with Crippen molar-refractivity contribution in [1.82, 2.24) is 0 Å². The summed E-state index contributed by atoms with van der Waals surface area (Å²) >= 11 is 0. The second-order valence-electron chi connectivity index (χ2n) is 27.7. The molecule has 14 heteroatoms. The Morgan fingerprint density at radius 2 is 0.835 bits per heavy atom. The van der Waals surface area contributed by atoms with E-state index in [-0.39, 0.29) is 144 Å². The normalized spacial score (nSPS) is 31.0. The van der Waals surface area contributed by atoms with Crippen LogP contribution in [0.2, 0.25) is 5.04 Å². The minimum Gasteiger partial charge on any atom is -0.509 e. The highest BCUT2D eigenvalue weighted by molar-refractivity contribution is 7.00. The standard InChI is InChI=1S/C71H102O13Si/c1-44-27-33-63(77-44)48(5)67(76-43-52-21-15-12-16-22-52)41-55-31-35-61(81-55)46(3)59(72)39-53-29-37-65(79-53)50(7)69(74)83-68(49(6)64-34-28-45(2)78-64)42-56-32-36-62(82-56)47(4)60(73)40-54-30-38-66(80-54)51(8)70(75)84-85(71(9,10)11,57-23-17-13-18-24-57)58-25-19-14-20-26-58/h12-26,44-51,53-56,61-68H,27-43H2,1-11H3/t44-,45-,46+,47+,48+,49+,50+,51+,53+,54+,55+,56+,61-,62-,63+,64+,65+,66+,67-,68-/m1/s1. The van der Waals surface area contributed by atoms with E-state index in [1.807, 2.05) is 82.3 Å². The number of esters is 1. The molecule has 6 fully saturated rings. The van der Waals surface area contributed by atoms with E-state index in [0.717, 1.165) is 73.7 Å². The van der Waals surface area contributed by atoms with Gasteiger partial charge in [-0.05, 0) is 126 Å². The van der Waals surface area contributed by atoms with E-state index in [2.05, 4.69) is 84.9 Å². The second-order valence-corrected chi connectivity index (χ2v) is 31.9. The highest BCUT2D eigenvalue weighted by Crippen LogP contribution is 2.41. The van der Waals surface area contributed by atoms with Gasteiger partial charge in [-0.25, -0.2) is 0 Å². The van der Waals surface area contributed by atoms with Gasteiger partial charge >= 0.3 is 14.3 Å². The maximum Gasteiger partial charge on any atom is 0.323 e. The molecule has 0 unspecified atom stereocenters. The van der Waals surface area contributed by atoms with Gasteiger partial charge in [-0.3, -0.25) is 19.2 Å². The van der Waals surface area contributed by atoms with Crippen LogP contribution in [0.4, 0.5) is 0 Å². The van der Waals surface area contributed by atoms with Gasteiger partial charge in [-0.2, -0.15) is 0 Å². The molecule has 0 spiro atoms. The van der Waals surface area contributed by atoms with Gasteiger partial charge in [0.15, 0.2) is 0 Å². The first-order valence-corrected chi connectivity index (χ1v) is 34.8. The van der Waals surface area contributed by atoms with E-state index in [1.165, 1.54) is 0 Å². The molecule has 6 aliphatic rings. The van der Waals surface area contributed by atoms with Crippen LogP contribution in [0.5, 0.6) is 0 Å². The van der Waals surface area contributed by atoms with Gasteiger partial charge in [-0.15, -0.1) is 0 Å². The Labute approximate surface area is 509 Å². The molecule has 85 heavy (non-hydrogen) atoms. The van der Waals surface area contributed by atoms with Crippen LogP contribution in [-0.4, -0.2) is 117 Å². The Balaban J connectivity index is 0.736. The number of carbonyl (C=O) groups excluding carboxylic acids is 4. The molecule has 468 valence electrons. The molecule has 0 saturated carbocycles. The number of Topliss-reactive ketones (excluding diaryl/α,β-unsaturated/α-hetero) is 2. The monoisotopic (exact) mass is 1190 g/mol. The molecule has 9 rings (SSSR count). The molecule has 13 nitrogen and oxygen atoms in total. The lowest BCUT2D eigenvalue weighted by Crippen LogP contribution is -2.67. The third kappa shape index (κ3) is 16.2. The Morgan fingerprint density at radius 3 is 1.27 bits per heavy atom. The van der Waals surface area contributed by atoms with Gasteiger partial charge in [0.25, 0.3) is 5.97 Å². The number of carbonyl (C=O) groups is 4. The summed E-state index contributed by atoms with van der Waals surface area (Å²) < 4.78 is 59.2. The summed E-state index contributed by atoms with van der Waals surface area (Å²) in [5.41, 5.74) is 1.14. The number of ether oxygens (including phenoxy) is 8. The molecule has 6 saturated heterocycles. The first-order chi connectivity index (χ1) is 40.7. The Bertz CT molecular complexity index is 2570. The van der Waals surface area contributed by atoms with Crippen molar-refractivity contribution in [3.8, 4) is 0 Å². The van der Waals surface area contributed by atoms with Gasteiger partial charge in [0.05, 0.1) is 97.8 Å². The number of hydrogen-bond donors (Lipinski definition) is 0. The van der Waals surface area contributed by atoms with Crippen molar-refractivity contribution in [2.45, 2.75) is 276 Å². The fourth-order valence-electron chi connectivity index (χ4n) is 14.8. The van der Waals surface area contributed by atoms with Crippen molar-refractivity contribution < 1.29 is 61.5 Å². The molecule has 0 radical (unpaired) electrons. The fourth-order valence-corrected chi connectivity index (χ4v) is 19.2. The zero-order chi connectivity index (χ0) is 60.6. The van der Waals surface area contributed by atoms with Crippen molar-refractivity contribution in [3.63, 3.8) is 0 Å². The number of ketones is 2. The quantitative estimate of drug-likeness (QED) is 0.0526. The smallest absolute Gasteiger partial charge is 0.323 e. The van der Waals surface area contributed by atoms with E-state index in [9.17, 15) is 19.2 Å². The number of hydrogen-bond acceptors (Lipinski definition) is 13. The zero-order valence-electron chi connectivity index (χ0n) is 53.0. The molecule has 0 amide bonds. The fraction of sp³-hybridized carbons (Fsp3) is 0.690. The molecule has 0 bridgehead atoms. The lowest BCUT2D eigenvalue weighted by atomic mass is 9.90. The van der Waals surface area contributed by atoms with Crippen molar-refractivity contribution >= 4 is 42.2 Å². The predicted octanol–water partition coefficient (Wildman–Crippen LogP) is 12.4. The van der Waals surface area contributed by atoms with E-state index in [0.29, 0.717) is 38.7 Å². The molecule has 6 heterocycles. The lowest BCUT2D eigenvalue weighted by Gasteiger charge is -2.42. The summed E-state index contributed by atoms with van der Waals surface area (Å²) in [5, 5.41) is 1.73. The molecule has 20 atom stereocenters. The van der Waals surface area contributed by atoms with E-state index in [4.69, 9.17) is 42.3 Å². The minimum atomic E-state index is -3.11. The van der Waals surface area contributed by atoms with Gasteiger partial charge < -0.3 is 42.3 Å². The van der Waals surface area contributed by atoms with Crippen LogP contribution in [0.15, 0.2) is 91.0 Å². The third-order valence-corrected chi connectivity index (χ3v) is 25.4. The van der Waals surface area contributed by atoms with Crippen LogP contribution in [0, 0.1) is 35.5 Å². The van der Waals surface area contributed by atoms with Crippen LogP contribution in [-0.2, 0) is 68.1 Å². The average molecular weight is 1190 g/mol. The largest absolute Gasteiger partial charge is 0.509 e. The van der Waals surface area contributed by atoms with Crippen molar-refractivity contribution in [2.75, 3.05) is 0 Å². The highest BCUT2D eigenvalue weighted by Gasteiger charge is 2.54. The molecule has 0 aliphatic carbocycles. The summed E-state index contributed by atoms with van der Waals surface area (Å²) in [6, 6.07) is 30.6. The summed E-state index contributed by atoms with van der Waals surface area (Å²) in [6.07, 6.45) is 9.70. The van der Waals surface area contributed by atoms with E-state index < -0.39 is 26.3 Å². The van der Waals surface area contributed by atoms with Gasteiger partial charge in [0, 0.05) is 49.4 Å². The Morgan fingerprint density at radius 1 is 0.459 bits per heavy atom. The molecule has 3 aromatic carbocycles. The number of benzene rings is 3. The molecular formula is C71H102O13Si. The molecule has 0 aromatic heterocycles. The van der Waals surface area contributed by atoms with Crippen LogP contribution >= 0.6 is 0 Å². The van der Waals surface area contributed by atoms with Crippen molar-refractivity contribution in [1.29, 1.82) is 0 Å². The molecule has 6 aliphatic heterocycles. The third-order valence-electron chi connectivity index (χ3n) is 20.5. The van der Waals surface area contributed by atoms with Gasteiger partial charge in [0.2, 0.25) is 0 Å². The summed E-state index contributed by atoms with van der Waals surface area (Å²) in [4.78, 5) is 56.6. The topological polar surface area (TPSA) is 151 Å². The Hall–Kier alpha value is -4.12. The van der Waals surface area contributed by atoms with Crippen LogP contribution in [0.3, 0.4) is 0 Å². The van der Waals surface area contributed by atoms with Crippen LogP contribution < -0.4 is 10.4 Å². The van der Waals surface area contributed by atoms with Gasteiger partial charge in [-0.1, -0.05) is 139 Å². The summed E-state index contributed by atoms with van der Waals surface area (Å²) in [6.45, 7) is 23.3. The highest BCUT2D eigenvalue weighted by atomic mass is 28.4. The SMILES string of the molecule is C[C@@H]([C@@H]1CC[C@@H](C)O1)[C@@H](C[C@@H]1CC[C@H]([C@@H](C)C(=O)C[C@@H]2CC[C@@H]([C@H](C)C(=O)O[C@H](C[C@@H]3CC[C@H]([C@@H](C)C(=O)C[C@@H]4CC[C@@H]([C@H](C)C(=O)O[Si](c5ccccc5)(c5ccccc5)C(C)(C)C)O4)O3)[C@@H](C)[C@@H]3CC[C@@H](C)O3)O2)O1)OCc1ccccc1. The van der Waals surface area contributed by atoms with Crippen molar-refractivity contribution in [2.24, 2.45) is 35.5 Å². The van der Waals surface area contributed by atoms with Gasteiger partial charge in [0.1, 0.15) is 17.7 Å². The van der Waals surface area contributed by atoms with Crippen LogP contribution in [0.1, 0.15) is 184 Å². The minimum absolute atomic E-state index is 0.00298.